The maximum atomic E-state index is 11.9. The van der Waals surface area contributed by atoms with E-state index in [2.05, 4.69) is 5.10 Å². The molecule has 1 aromatic heterocycles. The Bertz CT molecular complexity index is 491. The lowest BCUT2D eigenvalue weighted by Gasteiger charge is -2.12. The molecule has 1 saturated heterocycles. The van der Waals surface area contributed by atoms with E-state index in [9.17, 15) is 9.90 Å². The fourth-order valence-corrected chi connectivity index (χ4v) is 2.23. The van der Waals surface area contributed by atoms with E-state index in [1.165, 1.54) is 0 Å². The fraction of sp³-hybridized carbons (Fsp3) is 0.538. The van der Waals surface area contributed by atoms with Gasteiger partial charge in [-0.15, -0.1) is 0 Å². The molecular weight excluding hydrogens is 230 g/mol. The highest BCUT2D eigenvalue weighted by atomic mass is 16.3. The van der Waals surface area contributed by atoms with Crippen molar-refractivity contribution in [2.45, 2.75) is 26.4 Å². The zero-order chi connectivity index (χ0) is 13.3. The SMILES string of the molecule is Cc1nn(C)c(C)c1C=CC(=O)N1CC[C@H](O)C1. The molecule has 5 heteroatoms. The van der Waals surface area contributed by atoms with Crippen LogP contribution in [0.5, 0.6) is 0 Å². The maximum Gasteiger partial charge on any atom is 0.246 e. The van der Waals surface area contributed by atoms with Crippen LogP contribution in [0, 0.1) is 13.8 Å². The van der Waals surface area contributed by atoms with Crippen LogP contribution < -0.4 is 0 Å². The number of nitrogens with zero attached hydrogens (tertiary/aromatic N) is 3. The number of rotatable bonds is 2. The van der Waals surface area contributed by atoms with Gasteiger partial charge in [0.2, 0.25) is 5.91 Å². The highest BCUT2D eigenvalue weighted by Gasteiger charge is 2.22. The average molecular weight is 249 g/mol. The molecule has 0 unspecified atom stereocenters. The van der Waals surface area contributed by atoms with Crippen molar-refractivity contribution in [3.8, 4) is 0 Å². The van der Waals surface area contributed by atoms with E-state index in [4.69, 9.17) is 0 Å². The lowest BCUT2D eigenvalue weighted by molar-refractivity contribution is -0.125. The Morgan fingerprint density at radius 3 is 2.72 bits per heavy atom. The Balaban J connectivity index is 2.09. The normalized spacial score (nSPS) is 20.0. The van der Waals surface area contributed by atoms with Crippen molar-refractivity contribution in [1.29, 1.82) is 0 Å². The van der Waals surface area contributed by atoms with Crippen LogP contribution >= 0.6 is 0 Å². The van der Waals surface area contributed by atoms with Crippen LogP contribution in [0.25, 0.3) is 6.08 Å². The van der Waals surface area contributed by atoms with E-state index < -0.39 is 0 Å². The number of β-amino-alcohol motifs (C(OH)–C–C–N with tert-alkyl or cyclic N) is 1. The molecule has 1 aliphatic heterocycles. The van der Waals surface area contributed by atoms with Crippen LogP contribution in [0.2, 0.25) is 0 Å². The summed E-state index contributed by atoms with van der Waals surface area (Å²) in [6.45, 7) is 4.98. The zero-order valence-corrected chi connectivity index (χ0v) is 11.1. The summed E-state index contributed by atoms with van der Waals surface area (Å²) < 4.78 is 1.80. The minimum absolute atomic E-state index is 0.0470. The molecule has 1 aliphatic rings. The number of aliphatic hydroxyl groups is 1. The molecule has 2 heterocycles. The van der Waals surface area contributed by atoms with Gasteiger partial charge in [-0.25, -0.2) is 0 Å². The van der Waals surface area contributed by atoms with Gasteiger partial charge in [-0.3, -0.25) is 9.48 Å². The van der Waals surface area contributed by atoms with Crippen LogP contribution in [0.1, 0.15) is 23.4 Å². The summed E-state index contributed by atoms with van der Waals surface area (Å²) in [7, 11) is 1.89. The molecule has 1 amide bonds. The molecule has 0 bridgehead atoms. The predicted molar refractivity (Wildman–Crippen MR) is 68.9 cm³/mol. The summed E-state index contributed by atoms with van der Waals surface area (Å²) >= 11 is 0. The molecule has 18 heavy (non-hydrogen) atoms. The molecule has 2 rings (SSSR count). The Morgan fingerprint density at radius 1 is 1.50 bits per heavy atom. The number of aromatic nitrogens is 2. The van der Waals surface area contributed by atoms with Crippen molar-refractivity contribution < 1.29 is 9.90 Å². The van der Waals surface area contributed by atoms with E-state index in [0.717, 1.165) is 17.0 Å². The van der Waals surface area contributed by atoms with Crippen LogP contribution in [0.15, 0.2) is 6.08 Å². The third-order valence-electron chi connectivity index (χ3n) is 3.43. The van der Waals surface area contributed by atoms with Gasteiger partial charge < -0.3 is 10.0 Å². The second kappa shape index (κ2) is 4.94. The minimum Gasteiger partial charge on any atom is -0.391 e. The van der Waals surface area contributed by atoms with Gasteiger partial charge in [0.1, 0.15) is 0 Å². The predicted octanol–water partition coefficient (Wildman–Crippen LogP) is 0.643. The molecule has 1 N–H and O–H groups in total. The van der Waals surface area contributed by atoms with Crippen molar-refractivity contribution in [3.05, 3.63) is 23.0 Å². The van der Waals surface area contributed by atoms with Gasteiger partial charge in [-0.1, -0.05) is 0 Å². The van der Waals surface area contributed by atoms with Crippen molar-refractivity contribution in [3.63, 3.8) is 0 Å². The number of carbonyl (C=O) groups excluding carboxylic acids is 1. The Hall–Kier alpha value is -1.62. The van der Waals surface area contributed by atoms with Crippen LogP contribution in [0.3, 0.4) is 0 Å². The molecule has 0 aromatic carbocycles. The average Bonchev–Trinajstić information content (AvgIpc) is 2.83. The first-order valence-corrected chi connectivity index (χ1v) is 6.14. The molecule has 5 nitrogen and oxygen atoms in total. The van der Waals surface area contributed by atoms with E-state index in [1.807, 2.05) is 27.0 Å². The molecule has 0 saturated carbocycles. The van der Waals surface area contributed by atoms with E-state index in [1.54, 1.807) is 15.7 Å². The second-order valence-corrected chi connectivity index (χ2v) is 4.77. The van der Waals surface area contributed by atoms with Crippen LogP contribution in [-0.4, -0.2) is 44.9 Å². The van der Waals surface area contributed by atoms with E-state index >= 15 is 0 Å². The summed E-state index contributed by atoms with van der Waals surface area (Å²) in [5, 5.41) is 13.7. The zero-order valence-electron chi connectivity index (χ0n) is 11.1. The van der Waals surface area contributed by atoms with Gasteiger partial charge in [-0.05, 0) is 26.3 Å². The Morgan fingerprint density at radius 2 is 2.22 bits per heavy atom. The van der Waals surface area contributed by atoms with Gasteiger partial charge in [-0.2, -0.15) is 5.10 Å². The molecule has 0 aliphatic carbocycles. The Labute approximate surface area is 107 Å². The molecule has 1 atom stereocenters. The van der Waals surface area contributed by atoms with E-state index in [-0.39, 0.29) is 12.0 Å². The molecule has 1 fully saturated rings. The Kier molecular flexibility index (Phi) is 3.52. The topological polar surface area (TPSA) is 58.4 Å². The van der Waals surface area contributed by atoms with Crippen molar-refractivity contribution in [2.75, 3.05) is 13.1 Å². The summed E-state index contributed by atoms with van der Waals surface area (Å²) in [6, 6.07) is 0. The number of carbonyl (C=O) groups is 1. The smallest absolute Gasteiger partial charge is 0.246 e. The summed E-state index contributed by atoms with van der Waals surface area (Å²) in [6.07, 6.45) is 3.67. The van der Waals surface area contributed by atoms with Gasteiger partial charge >= 0.3 is 0 Å². The number of hydrogen-bond acceptors (Lipinski definition) is 3. The third-order valence-corrected chi connectivity index (χ3v) is 3.43. The molecular formula is C13H19N3O2. The summed E-state index contributed by atoms with van der Waals surface area (Å²) in [4.78, 5) is 13.6. The summed E-state index contributed by atoms with van der Waals surface area (Å²) in [5.74, 6) is -0.0470. The highest BCUT2D eigenvalue weighted by Crippen LogP contribution is 2.15. The van der Waals surface area contributed by atoms with Gasteiger partial charge in [0.25, 0.3) is 0 Å². The van der Waals surface area contributed by atoms with Crippen LogP contribution in [-0.2, 0) is 11.8 Å². The first-order chi connectivity index (χ1) is 8.49. The fourth-order valence-electron chi connectivity index (χ4n) is 2.23. The van der Waals surface area contributed by atoms with Crippen molar-refractivity contribution in [2.24, 2.45) is 7.05 Å². The number of likely N-dealkylation sites (tertiary alicyclic amines) is 1. The molecule has 98 valence electrons. The molecule has 1 aromatic rings. The lowest BCUT2D eigenvalue weighted by Crippen LogP contribution is -2.27. The number of hydrogen-bond donors (Lipinski definition) is 1. The van der Waals surface area contributed by atoms with Crippen molar-refractivity contribution >= 4 is 12.0 Å². The quantitative estimate of drug-likeness (QED) is 0.783. The monoisotopic (exact) mass is 249 g/mol. The largest absolute Gasteiger partial charge is 0.391 e. The molecule has 0 radical (unpaired) electrons. The third kappa shape index (κ3) is 2.46. The maximum absolute atomic E-state index is 11.9. The van der Waals surface area contributed by atoms with Gasteiger partial charge in [0, 0.05) is 37.5 Å². The number of aliphatic hydroxyl groups excluding tert-OH is 1. The number of amides is 1. The van der Waals surface area contributed by atoms with Gasteiger partial charge in [0.05, 0.1) is 11.8 Å². The first kappa shape index (κ1) is 12.8. The van der Waals surface area contributed by atoms with E-state index in [0.29, 0.717) is 19.5 Å². The summed E-state index contributed by atoms with van der Waals surface area (Å²) in [5.41, 5.74) is 2.95. The second-order valence-electron chi connectivity index (χ2n) is 4.77. The van der Waals surface area contributed by atoms with Crippen LogP contribution in [0.4, 0.5) is 0 Å². The highest BCUT2D eigenvalue weighted by molar-refractivity contribution is 5.92. The lowest BCUT2D eigenvalue weighted by atomic mass is 10.2. The van der Waals surface area contributed by atoms with Gasteiger partial charge in [0.15, 0.2) is 0 Å². The first-order valence-electron chi connectivity index (χ1n) is 6.14. The number of aryl methyl sites for hydroxylation is 2. The minimum atomic E-state index is -0.371. The molecule has 0 spiro atoms. The standard InChI is InChI=1S/C13H19N3O2/c1-9-12(10(2)15(3)14-9)4-5-13(18)16-7-6-11(17)8-16/h4-5,11,17H,6-8H2,1-3H3/t11-/m0/s1. The van der Waals surface area contributed by atoms with Crippen molar-refractivity contribution in [1.82, 2.24) is 14.7 Å².